The lowest BCUT2D eigenvalue weighted by atomic mass is 10.0. The van der Waals surface area contributed by atoms with Gasteiger partial charge in [0.15, 0.2) is 0 Å². The Kier molecular flexibility index (Phi) is 7.15. The van der Waals surface area contributed by atoms with Crippen molar-refractivity contribution in [1.29, 1.82) is 0 Å². The largest absolute Gasteiger partial charge is 0.327 e. The molecule has 1 amide bonds. The van der Waals surface area contributed by atoms with E-state index < -0.39 is 10.0 Å². The lowest BCUT2D eigenvalue weighted by Crippen LogP contribution is -2.34. The van der Waals surface area contributed by atoms with Crippen LogP contribution in [0.4, 0.5) is 5.69 Å². The van der Waals surface area contributed by atoms with E-state index >= 15 is 0 Å². The van der Waals surface area contributed by atoms with Gasteiger partial charge in [0.1, 0.15) is 0 Å². The average molecular weight is 322 g/mol. The summed E-state index contributed by atoms with van der Waals surface area (Å²) in [5, 5.41) is 2.65. The highest BCUT2D eigenvalue weighted by molar-refractivity contribution is 7.89. The zero-order chi connectivity index (χ0) is 14.6. The van der Waals surface area contributed by atoms with Crippen molar-refractivity contribution in [2.24, 2.45) is 11.7 Å². The summed E-state index contributed by atoms with van der Waals surface area (Å²) in [6.45, 7) is 3.46. The van der Waals surface area contributed by atoms with Gasteiger partial charge in [-0.2, -0.15) is 0 Å². The van der Waals surface area contributed by atoms with E-state index in [1.807, 2.05) is 0 Å². The van der Waals surface area contributed by atoms with Crippen LogP contribution in [0.3, 0.4) is 0 Å². The molecule has 1 aromatic carbocycles. The molecular weight excluding hydrogens is 302 g/mol. The molecule has 8 heteroatoms. The van der Waals surface area contributed by atoms with E-state index in [-0.39, 0.29) is 35.2 Å². The molecule has 0 spiro atoms. The molecule has 0 aromatic heterocycles. The molecule has 0 bridgehead atoms. The second kappa shape index (κ2) is 7.58. The van der Waals surface area contributed by atoms with Gasteiger partial charge < -0.3 is 11.1 Å². The Morgan fingerprint density at radius 2 is 1.90 bits per heavy atom. The molecule has 0 saturated heterocycles. The van der Waals surface area contributed by atoms with E-state index in [4.69, 9.17) is 5.73 Å². The molecular formula is C12H20ClN3O3S. The smallest absolute Gasteiger partial charge is 0.240 e. The number of anilines is 1. The van der Waals surface area contributed by atoms with Gasteiger partial charge in [0, 0.05) is 11.7 Å². The first-order valence-corrected chi connectivity index (χ1v) is 7.36. The van der Waals surface area contributed by atoms with Crippen molar-refractivity contribution in [1.82, 2.24) is 4.72 Å². The topological polar surface area (TPSA) is 101 Å². The standard InChI is InChI=1S/C12H19N3O3S.ClH/c1-8(9(2)13)12(16)15-10-5-4-6-11(7-10)19(17,18)14-3;/h4-9,14H,13H2,1-3H3,(H,15,16);1H. The fraction of sp³-hybridized carbons (Fsp3) is 0.417. The maximum Gasteiger partial charge on any atom is 0.240 e. The number of halogens is 1. The van der Waals surface area contributed by atoms with Crippen LogP contribution in [-0.4, -0.2) is 27.4 Å². The molecule has 114 valence electrons. The molecule has 0 aliphatic rings. The van der Waals surface area contributed by atoms with Gasteiger partial charge in [-0.25, -0.2) is 13.1 Å². The van der Waals surface area contributed by atoms with Crippen molar-refractivity contribution in [2.75, 3.05) is 12.4 Å². The van der Waals surface area contributed by atoms with Crippen molar-refractivity contribution in [2.45, 2.75) is 24.8 Å². The summed E-state index contributed by atoms with van der Waals surface area (Å²) >= 11 is 0. The highest BCUT2D eigenvalue weighted by Crippen LogP contribution is 2.16. The summed E-state index contributed by atoms with van der Waals surface area (Å²) in [6.07, 6.45) is 0. The second-order valence-corrected chi connectivity index (χ2v) is 6.26. The minimum atomic E-state index is -3.52. The molecule has 0 aliphatic heterocycles. The van der Waals surface area contributed by atoms with Gasteiger partial charge >= 0.3 is 0 Å². The minimum Gasteiger partial charge on any atom is -0.327 e. The lowest BCUT2D eigenvalue weighted by Gasteiger charge is -2.15. The summed E-state index contributed by atoms with van der Waals surface area (Å²) in [7, 11) is -2.19. The first-order chi connectivity index (χ1) is 8.77. The quantitative estimate of drug-likeness (QED) is 0.751. The molecule has 0 heterocycles. The predicted molar refractivity (Wildman–Crippen MR) is 81.4 cm³/mol. The number of amides is 1. The molecule has 0 radical (unpaired) electrons. The molecule has 20 heavy (non-hydrogen) atoms. The molecule has 1 aromatic rings. The number of hydrogen-bond donors (Lipinski definition) is 3. The fourth-order valence-corrected chi connectivity index (χ4v) is 2.13. The van der Waals surface area contributed by atoms with E-state index in [1.165, 1.54) is 19.2 Å². The van der Waals surface area contributed by atoms with Crippen molar-refractivity contribution >= 4 is 34.0 Å². The van der Waals surface area contributed by atoms with Crippen LogP contribution in [0.2, 0.25) is 0 Å². The van der Waals surface area contributed by atoms with Gasteiger partial charge in [0.2, 0.25) is 15.9 Å². The monoisotopic (exact) mass is 321 g/mol. The average Bonchev–Trinajstić information content (AvgIpc) is 2.37. The predicted octanol–water partition coefficient (Wildman–Crippen LogP) is 0.938. The maximum absolute atomic E-state index is 11.8. The van der Waals surface area contributed by atoms with E-state index in [1.54, 1.807) is 26.0 Å². The third-order valence-electron chi connectivity index (χ3n) is 2.88. The number of nitrogens with one attached hydrogen (secondary N) is 2. The third kappa shape index (κ3) is 4.75. The Labute approximate surface area is 125 Å². The Bertz CT molecular complexity index is 561. The van der Waals surface area contributed by atoms with Gasteiger partial charge in [-0.3, -0.25) is 4.79 Å². The van der Waals surface area contributed by atoms with Crippen LogP contribution in [0.15, 0.2) is 29.2 Å². The first kappa shape index (κ1) is 18.9. The van der Waals surface area contributed by atoms with Gasteiger partial charge in [0.25, 0.3) is 0 Å². The number of carbonyl (C=O) groups is 1. The minimum absolute atomic E-state index is 0. The van der Waals surface area contributed by atoms with E-state index in [0.29, 0.717) is 5.69 Å². The lowest BCUT2D eigenvalue weighted by molar-refractivity contribution is -0.119. The SMILES string of the molecule is CNS(=O)(=O)c1cccc(NC(=O)C(C)C(C)N)c1.Cl. The van der Waals surface area contributed by atoms with Crippen molar-refractivity contribution in [3.63, 3.8) is 0 Å². The van der Waals surface area contributed by atoms with Crippen LogP contribution in [0.25, 0.3) is 0 Å². The van der Waals surface area contributed by atoms with Gasteiger partial charge in [0.05, 0.1) is 10.8 Å². The van der Waals surface area contributed by atoms with E-state index in [9.17, 15) is 13.2 Å². The Hall–Kier alpha value is -1.15. The van der Waals surface area contributed by atoms with Crippen LogP contribution in [0, 0.1) is 5.92 Å². The van der Waals surface area contributed by atoms with Crippen molar-refractivity contribution < 1.29 is 13.2 Å². The summed E-state index contributed by atoms with van der Waals surface area (Å²) in [6, 6.07) is 5.77. The summed E-state index contributed by atoms with van der Waals surface area (Å²) in [4.78, 5) is 11.9. The van der Waals surface area contributed by atoms with Crippen LogP contribution >= 0.6 is 12.4 Å². The fourth-order valence-electron chi connectivity index (χ4n) is 1.35. The normalized spacial score (nSPS) is 14.0. The maximum atomic E-state index is 11.8. The number of benzene rings is 1. The van der Waals surface area contributed by atoms with Crippen molar-refractivity contribution in [3.05, 3.63) is 24.3 Å². The van der Waals surface area contributed by atoms with E-state index in [2.05, 4.69) is 10.0 Å². The molecule has 4 N–H and O–H groups in total. The molecule has 0 aliphatic carbocycles. The molecule has 6 nitrogen and oxygen atoms in total. The molecule has 2 unspecified atom stereocenters. The Balaban J connectivity index is 0.00000361. The summed E-state index contributed by atoms with van der Waals surface area (Å²) < 4.78 is 25.5. The highest BCUT2D eigenvalue weighted by atomic mass is 35.5. The van der Waals surface area contributed by atoms with Gasteiger partial charge in [-0.05, 0) is 32.2 Å². The number of hydrogen-bond acceptors (Lipinski definition) is 4. The van der Waals surface area contributed by atoms with Crippen LogP contribution in [0.5, 0.6) is 0 Å². The number of rotatable bonds is 5. The number of carbonyl (C=O) groups excluding carboxylic acids is 1. The molecule has 1 rings (SSSR count). The first-order valence-electron chi connectivity index (χ1n) is 5.88. The Morgan fingerprint density at radius 3 is 2.40 bits per heavy atom. The molecule has 0 saturated carbocycles. The van der Waals surface area contributed by atoms with Gasteiger partial charge in [-0.1, -0.05) is 13.0 Å². The summed E-state index contributed by atoms with van der Waals surface area (Å²) in [5.74, 6) is -0.599. The zero-order valence-corrected chi connectivity index (χ0v) is 13.2. The highest BCUT2D eigenvalue weighted by Gasteiger charge is 2.18. The number of sulfonamides is 1. The van der Waals surface area contributed by atoms with Crippen LogP contribution < -0.4 is 15.8 Å². The van der Waals surface area contributed by atoms with Crippen LogP contribution in [-0.2, 0) is 14.8 Å². The number of nitrogens with two attached hydrogens (primary N) is 1. The molecule has 2 atom stereocenters. The van der Waals surface area contributed by atoms with Gasteiger partial charge in [-0.15, -0.1) is 12.4 Å². The van der Waals surface area contributed by atoms with Crippen molar-refractivity contribution in [3.8, 4) is 0 Å². The second-order valence-electron chi connectivity index (χ2n) is 4.37. The third-order valence-corrected chi connectivity index (χ3v) is 4.29. The molecule has 0 fully saturated rings. The zero-order valence-electron chi connectivity index (χ0n) is 11.6. The Morgan fingerprint density at radius 1 is 1.30 bits per heavy atom. The van der Waals surface area contributed by atoms with E-state index in [0.717, 1.165) is 0 Å². The summed E-state index contributed by atoms with van der Waals surface area (Å²) in [5.41, 5.74) is 6.07. The van der Waals surface area contributed by atoms with Crippen LogP contribution in [0.1, 0.15) is 13.8 Å².